The predicted molar refractivity (Wildman–Crippen MR) is 117 cm³/mol. The molecule has 0 saturated heterocycles. The molecule has 0 bridgehead atoms. The van der Waals surface area contributed by atoms with Crippen LogP contribution in [0.2, 0.25) is 0 Å². The van der Waals surface area contributed by atoms with Gasteiger partial charge in [-0.3, -0.25) is 14.2 Å². The molecule has 0 spiro atoms. The summed E-state index contributed by atoms with van der Waals surface area (Å²) in [7, 11) is 3.03. The number of carbonyl (C=O) groups is 1. The molecule has 4 aromatic rings. The molecule has 1 amide bonds. The summed E-state index contributed by atoms with van der Waals surface area (Å²) >= 11 is 1.32. The molecule has 1 N–H and O–H groups in total. The number of methoxy groups -OCH3 is 2. The van der Waals surface area contributed by atoms with Crippen LogP contribution in [0.3, 0.4) is 0 Å². The molecule has 31 heavy (non-hydrogen) atoms. The van der Waals surface area contributed by atoms with Gasteiger partial charge in [0.2, 0.25) is 5.91 Å². The van der Waals surface area contributed by atoms with Crippen LogP contribution in [0.4, 0.5) is 10.1 Å². The Labute approximate surface area is 180 Å². The van der Waals surface area contributed by atoms with E-state index >= 15 is 0 Å². The van der Waals surface area contributed by atoms with Crippen molar-refractivity contribution < 1.29 is 18.7 Å². The van der Waals surface area contributed by atoms with E-state index in [1.165, 1.54) is 48.6 Å². The fourth-order valence-electron chi connectivity index (χ4n) is 3.19. The quantitative estimate of drug-likeness (QED) is 0.492. The first-order valence-electron chi connectivity index (χ1n) is 9.24. The number of anilines is 1. The van der Waals surface area contributed by atoms with Gasteiger partial charge in [-0.15, -0.1) is 11.3 Å². The topological polar surface area (TPSA) is 82.5 Å². The number of benzene rings is 2. The second-order valence-corrected chi connectivity index (χ2v) is 7.49. The van der Waals surface area contributed by atoms with Gasteiger partial charge in [-0.05, 0) is 29.8 Å². The van der Waals surface area contributed by atoms with E-state index in [4.69, 9.17) is 9.47 Å². The number of halogens is 1. The van der Waals surface area contributed by atoms with Crippen molar-refractivity contribution in [3.8, 4) is 22.6 Å². The Morgan fingerprint density at radius 3 is 2.58 bits per heavy atom. The average Bonchev–Trinajstić information content (AvgIpc) is 3.21. The zero-order valence-corrected chi connectivity index (χ0v) is 17.5. The molecule has 0 saturated carbocycles. The van der Waals surface area contributed by atoms with Crippen LogP contribution in [0.15, 0.2) is 59.0 Å². The minimum absolute atomic E-state index is 0.213. The fraction of sp³-hybridized carbons (Fsp3) is 0.136. The summed E-state index contributed by atoms with van der Waals surface area (Å²) in [4.78, 5) is 30.5. The summed E-state index contributed by atoms with van der Waals surface area (Å²) in [6.45, 7) is -0.213. The van der Waals surface area contributed by atoms with Crippen LogP contribution >= 0.6 is 11.3 Å². The summed E-state index contributed by atoms with van der Waals surface area (Å²) in [5.74, 6) is 0.264. The molecular formula is C22H18FN3O4S. The number of thiophene rings is 1. The highest BCUT2D eigenvalue weighted by molar-refractivity contribution is 7.17. The van der Waals surface area contributed by atoms with Crippen molar-refractivity contribution in [2.24, 2.45) is 0 Å². The molecule has 0 aliphatic carbocycles. The van der Waals surface area contributed by atoms with Crippen LogP contribution in [-0.4, -0.2) is 29.7 Å². The monoisotopic (exact) mass is 439 g/mol. The van der Waals surface area contributed by atoms with E-state index in [2.05, 4.69) is 10.3 Å². The lowest BCUT2D eigenvalue weighted by Gasteiger charge is -2.11. The van der Waals surface area contributed by atoms with E-state index in [9.17, 15) is 14.0 Å². The van der Waals surface area contributed by atoms with Crippen molar-refractivity contribution in [3.63, 3.8) is 0 Å². The smallest absolute Gasteiger partial charge is 0.263 e. The van der Waals surface area contributed by atoms with Crippen LogP contribution in [0, 0.1) is 5.82 Å². The van der Waals surface area contributed by atoms with Gasteiger partial charge in [0.1, 0.15) is 17.2 Å². The van der Waals surface area contributed by atoms with E-state index in [0.717, 1.165) is 0 Å². The lowest BCUT2D eigenvalue weighted by Crippen LogP contribution is -2.27. The largest absolute Gasteiger partial charge is 0.493 e. The molecule has 0 unspecified atom stereocenters. The second kappa shape index (κ2) is 8.57. The number of hydrogen-bond acceptors (Lipinski definition) is 6. The predicted octanol–water partition coefficient (Wildman–Crippen LogP) is 3.92. The van der Waals surface area contributed by atoms with Crippen molar-refractivity contribution >= 4 is 33.1 Å². The first kappa shape index (κ1) is 20.5. The number of amides is 1. The van der Waals surface area contributed by atoms with Gasteiger partial charge in [0.25, 0.3) is 5.56 Å². The zero-order valence-electron chi connectivity index (χ0n) is 16.7. The maximum Gasteiger partial charge on any atom is 0.263 e. The molecule has 0 aliphatic heterocycles. The molecule has 4 rings (SSSR count). The standard InChI is InChI=1S/C22H18FN3O4S/c1-29-17-8-7-15(9-18(17)30-2)25-19(27)10-26-12-24-21-20(22(26)28)16(11-31-21)13-3-5-14(23)6-4-13/h3-9,11-12H,10H2,1-2H3,(H,25,27). The Bertz CT molecular complexity index is 1310. The SMILES string of the molecule is COc1ccc(NC(=O)Cn2cnc3scc(-c4ccc(F)cc4)c3c2=O)cc1OC. The van der Waals surface area contributed by atoms with Crippen LogP contribution in [0.5, 0.6) is 11.5 Å². The Hall–Kier alpha value is -3.72. The first-order chi connectivity index (χ1) is 15.0. The number of hydrogen-bond donors (Lipinski definition) is 1. The van der Waals surface area contributed by atoms with Gasteiger partial charge < -0.3 is 14.8 Å². The highest BCUT2D eigenvalue weighted by Crippen LogP contribution is 2.31. The van der Waals surface area contributed by atoms with Crippen molar-refractivity contribution in [1.82, 2.24) is 9.55 Å². The lowest BCUT2D eigenvalue weighted by molar-refractivity contribution is -0.116. The molecule has 158 valence electrons. The minimum atomic E-state index is -0.394. The summed E-state index contributed by atoms with van der Waals surface area (Å²) < 4.78 is 24.9. The third-order valence-corrected chi connectivity index (χ3v) is 5.58. The van der Waals surface area contributed by atoms with Crippen molar-refractivity contribution in [1.29, 1.82) is 0 Å². The van der Waals surface area contributed by atoms with Crippen LogP contribution in [0.1, 0.15) is 0 Å². The van der Waals surface area contributed by atoms with Crippen LogP contribution in [0.25, 0.3) is 21.3 Å². The van der Waals surface area contributed by atoms with Gasteiger partial charge in [-0.2, -0.15) is 0 Å². The number of fused-ring (bicyclic) bond motifs is 1. The Kier molecular flexibility index (Phi) is 5.68. The van der Waals surface area contributed by atoms with Crippen LogP contribution < -0.4 is 20.3 Å². The van der Waals surface area contributed by atoms with Gasteiger partial charge in [-0.25, -0.2) is 9.37 Å². The van der Waals surface area contributed by atoms with E-state index in [0.29, 0.717) is 38.5 Å². The van der Waals surface area contributed by atoms with Gasteiger partial charge in [0.15, 0.2) is 11.5 Å². The number of nitrogens with one attached hydrogen (secondary N) is 1. The molecule has 2 aromatic carbocycles. The Balaban J connectivity index is 1.61. The van der Waals surface area contributed by atoms with Crippen molar-refractivity contribution in [2.45, 2.75) is 6.54 Å². The highest BCUT2D eigenvalue weighted by Gasteiger charge is 2.15. The van der Waals surface area contributed by atoms with Crippen molar-refractivity contribution in [2.75, 3.05) is 19.5 Å². The van der Waals surface area contributed by atoms with Crippen LogP contribution in [-0.2, 0) is 11.3 Å². The van der Waals surface area contributed by atoms with E-state index in [-0.39, 0.29) is 17.9 Å². The molecule has 2 heterocycles. The van der Waals surface area contributed by atoms with Gasteiger partial charge in [0, 0.05) is 22.7 Å². The molecule has 7 nitrogen and oxygen atoms in total. The minimum Gasteiger partial charge on any atom is -0.493 e. The maximum atomic E-state index is 13.3. The molecule has 0 atom stereocenters. The molecule has 2 aromatic heterocycles. The average molecular weight is 439 g/mol. The number of aromatic nitrogens is 2. The maximum absolute atomic E-state index is 13.3. The summed E-state index contributed by atoms with van der Waals surface area (Å²) in [5, 5.41) is 4.94. The fourth-order valence-corrected chi connectivity index (χ4v) is 4.10. The molecule has 0 aliphatic rings. The number of carbonyl (C=O) groups excluding carboxylic acids is 1. The van der Waals surface area contributed by atoms with Gasteiger partial charge >= 0.3 is 0 Å². The summed E-state index contributed by atoms with van der Waals surface area (Å²) in [5.41, 5.74) is 1.53. The van der Waals surface area contributed by atoms with Gasteiger partial charge in [-0.1, -0.05) is 12.1 Å². The number of nitrogens with zero attached hydrogens (tertiary/aromatic N) is 2. The normalized spacial score (nSPS) is 10.8. The number of rotatable bonds is 6. The van der Waals surface area contributed by atoms with E-state index < -0.39 is 5.91 Å². The van der Waals surface area contributed by atoms with E-state index in [1.807, 2.05) is 0 Å². The zero-order chi connectivity index (χ0) is 22.0. The lowest BCUT2D eigenvalue weighted by atomic mass is 10.1. The third-order valence-electron chi connectivity index (χ3n) is 4.70. The first-order valence-corrected chi connectivity index (χ1v) is 10.1. The highest BCUT2D eigenvalue weighted by atomic mass is 32.1. The third kappa shape index (κ3) is 4.13. The second-order valence-electron chi connectivity index (χ2n) is 6.63. The molecule has 9 heteroatoms. The summed E-state index contributed by atoms with van der Waals surface area (Å²) in [6, 6.07) is 10.9. The summed E-state index contributed by atoms with van der Waals surface area (Å²) in [6.07, 6.45) is 1.35. The molecular weight excluding hydrogens is 421 g/mol. The Morgan fingerprint density at radius 1 is 1.13 bits per heavy atom. The molecule has 0 fully saturated rings. The molecule has 0 radical (unpaired) electrons. The Morgan fingerprint density at radius 2 is 1.87 bits per heavy atom. The van der Waals surface area contributed by atoms with E-state index in [1.54, 1.807) is 35.7 Å². The van der Waals surface area contributed by atoms with Crippen molar-refractivity contribution in [3.05, 3.63) is 70.3 Å². The van der Waals surface area contributed by atoms with Gasteiger partial charge in [0.05, 0.1) is 25.9 Å². The number of ether oxygens (including phenoxy) is 2.